The Morgan fingerprint density at radius 3 is 1.11 bits per heavy atom. The summed E-state index contributed by atoms with van der Waals surface area (Å²) in [7, 11) is 0. The van der Waals surface area contributed by atoms with E-state index in [0.29, 0.717) is 50.4 Å². The van der Waals surface area contributed by atoms with Crippen molar-refractivity contribution in [3.63, 3.8) is 0 Å². The summed E-state index contributed by atoms with van der Waals surface area (Å²) >= 11 is 0. The smallest absolute Gasteiger partial charge is 0.245 e. The Morgan fingerprint density at radius 1 is 0.390 bits per heavy atom. The van der Waals surface area contributed by atoms with Crippen molar-refractivity contribution in [1.29, 1.82) is 21.6 Å². The largest absolute Gasteiger partial charge is 0.382 e. The minimum atomic E-state index is -1.45. The number of aromatic nitrogens is 8. The quantitative estimate of drug-likeness (QED) is 0.0116. The zero-order valence-electron chi connectivity index (χ0n) is 77.2. The monoisotopic (exact) mass is 1880 g/mol. The first-order valence-corrected chi connectivity index (χ1v) is 47.6. The third-order valence-corrected chi connectivity index (χ3v) is 24.8. The number of nitrogens with two attached hydrogens (primary N) is 4. The molecule has 136 heavy (non-hydrogen) atoms. The highest BCUT2D eigenvalue weighted by molar-refractivity contribution is 6.00. The van der Waals surface area contributed by atoms with E-state index in [1.54, 1.807) is 21.8 Å². The van der Waals surface area contributed by atoms with Crippen LogP contribution in [0.15, 0.2) is 60.9 Å². The van der Waals surface area contributed by atoms with E-state index in [2.05, 4.69) is 118 Å². The lowest BCUT2D eigenvalue weighted by Crippen LogP contribution is -2.59. The number of anilines is 2. The van der Waals surface area contributed by atoms with Crippen molar-refractivity contribution in [2.24, 2.45) is 22.9 Å². The summed E-state index contributed by atoms with van der Waals surface area (Å²) in [4.78, 5) is 187. The van der Waals surface area contributed by atoms with Gasteiger partial charge in [0.1, 0.15) is 48.3 Å². The average Bonchev–Trinajstić information content (AvgIpc) is 0.950. The van der Waals surface area contributed by atoms with E-state index in [4.69, 9.17) is 54.5 Å². The number of carbonyl (C=O) groups excluding carboxylic acids is 12. The van der Waals surface area contributed by atoms with Gasteiger partial charge in [-0.15, -0.1) is 10.2 Å². The van der Waals surface area contributed by atoms with E-state index in [-0.39, 0.29) is 216 Å². The molecule has 7 heterocycles. The summed E-state index contributed by atoms with van der Waals surface area (Å²) in [6, 6.07) is 5.19. The first-order valence-electron chi connectivity index (χ1n) is 47.6. The second kappa shape index (κ2) is 52.5. The number of guanidine groups is 4. The maximum atomic E-state index is 15.1. The van der Waals surface area contributed by atoms with Gasteiger partial charge >= 0.3 is 0 Å². The van der Waals surface area contributed by atoms with Gasteiger partial charge in [-0.3, -0.25) is 98.5 Å². The third kappa shape index (κ3) is 31.5. The van der Waals surface area contributed by atoms with E-state index in [9.17, 15) is 38.4 Å². The van der Waals surface area contributed by atoms with Crippen LogP contribution in [0.1, 0.15) is 188 Å². The number of rotatable bonds is 40. The molecule has 0 spiro atoms. The van der Waals surface area contributed by atoms with Gasteiger partial charge in [0.05, 0.1) is 48.6 Å². The highest BCUT2D eigenvalue weighted by atomic mass is 16.2. The van der Waals surface area contributed by atoms with Crippen molar-refractivity contribution in [2.75, 3.05) is 89.2 Å². The Bertz CT molecular complexity index is 4880. The van der Waals surface area contributed by atoms with Gasteiger partial charge in [0.15, 0.2) is 23.8 Å². The minimum Gasteiger partial charge on any atom is -0.382 e. The van der Waals surface area contributed by atoms with Crippen LogP contribution in [0.4, 0.5) is 11.4 Å². The highest BCUT2D eigenvalue weighted by Gasteiger charge is 2.42. The Balaban J connectivity index is 0.771. The zero-order valence-corrected chi connectivity index (χ0v) is 77.2. The molecular weight excluding hydrogens is 1750 g/mol. The molecule has 736 valence electrons. The maximum absolute atomic E-state index is 15.1. The van der Waals surface area contributed by atoms with Crippen molar-refractivity contribution in [3.8, 4) is 0 Å². The molecule has 3 fully saturated rings. The number of amides is 12. The topological polar surface area (TPSA) is 690 Å². The molecule has 11 rings (SSSR count). The molecule has 0 bridgehead atoms. The van der Waals surface area contributed by atoms with Crippen molar-refractivity contribution >= 4 is 128 Å². The van der Waals surface area contributed by atoms with Gasteiger partial charge in [-0.25, -0.2) is 0 Å². The zero-order chi connectivity index (χ0) is 96.8. The Hall–Kier alpha value is -14.1. The van der Waals surface area contributed by atoms with E-state index in [1.807, 2.05) is 36.4 Å². The van der Waals surface area contributed by atoms with Crippen molar-refractivity contribution in [1.82, 2.24) is 124 Å². The lowest BCUT2D eigenvalue weighted by Gasteiger charge is -2.31. The molecule has 4 aromatic heterocycles. The summed E-state index contributed by atoms with van der Waals surface area (Å²) in [5.74, 6) is -10.3. The number of hydrogen-bond donors (Lipinski definition) is 24. The molecule has 6 aromatic rings. The number of pyridine rings is 2. The Labute approximate surface area is 788 Å². The number of hydrogen-bond acceptors (Lipinski definition) is 24. The Morgan fingerprint density at radius 2 is 0.728 bits per heavy atom. The average molecular weight is 1880 g/mol. The van der Waals surface area contributed by atoms with Crippen LogP contribution >= 0.6 is 0 Å². The molecule has 2 aliphatic carbocycles. The first-order chi connectivity index (χ1) is 65.7. The van der Waals surface area contributed by atoms with Crippen molar-refractivity contribution in [2.45, 2.75) is 254 Å². The standard InChI is InChI=1S/C90H134N34O12/c91-87(92)103-41-13-29-65-79(129)113-67(27-9-11-39-99-73(125)37-35-55-53-121(119-117-55)49-45-101-77-57-19-1-5-23-61(57)109-62-24-6-2-20-58(62)77)81(131)115-69(31-15-43-105-89(95)96)85(135)123-47-17-33-71(123)83(133)108-52-76(128)112-66(30-14-42-104-88(93)94)80(130)114-68(82(132)116-70(32-16-44-106-90(97)98)86(136)124-48-18-34-72(124)84(134)107-51-75(127)111-65)28-10-12-40-100-74(126)38-36-56-54-122(120-118-56)50-46-102-78-59-21-3-7-25-63(59)110-64-26-8-4-22-60(64)78/h1,3,5,7,19,21,23,25,53-54,65-72H,2,4,6,8-18,20,22,24,26-52H2,(H,99,125)(H,100,126)(H,101,109)(H,102,110)(H,107,134)(H,108,133)(H,111,127)(H,112,128)(H,113,129)(H,114,130)(H,115,131)(H,116,132)(H4,91,92,103)(H4,93,94,104)(H4,95,96,105)(H4,97,98,106)/t65-,66-,67-,68-,69-,70-,71-,72-/m0/s1. The molecule has 0 saturated carbocycles. The number of benzene rings is 2. The number of unbranched alkanes of at least 4 members (excludes halogenated alkanes) is 2. The van der Waals surface area contributed by atoms with Crippen LogP contribution in [-0.4, -0.2) is 271 Å². The summed E-state index contributed by atoms with van der Waals surface area (Å²) in [5.41, 5.74) is 32.5. The number of carbonyl (C=O) groups is 12. The van der Waals surface area contributed by atoms with Crippen LogP contribution in [0.25, 0.3) is 21.8 Å². The van der Waals surface area contributed by atoms with Gasteiger partial charge < -0.3 is 118 Å². The fourth-order valence-corrected chi connectivity index (χ4v) is 17.8. The van der Waals surface area contributed by atoms with Crippen molar-refractivity contribution < 1.29 is 57.5 Å². The summed E-state index contributed by atoms with van der Waals surface area (Å²) in [5, 5.41) is 96.1. The van der Waals surface area contributed by atoms with Gasteiger partial charge in [0, 0.05) is 137 Å². The number of nitrogens with one attached hydrogen (secondary N) is 20. The fraction of sp³-hybridized carbons (Fsp3) is 0.578. The molecule has 46 nitrogen and oxygen atoms in total. The third-order valence-electron chi connectivity index (χ3n) is 24.8. The molecule has 0 radical (unpaired) electrons. The molecule has 0 unspecified atom stereocenters. The van der Waals surface area contributed by atoms with Gasteiger partial charge in [-0.05, 0) is 190 Å². The molecule has 3 saturated heterocycles. The van der Waals surface area contributed by atoms with Gasteiger partial charge in [-0.1, -0.05) is 46.8 Å². The normalized spacial score (nSPS) is 20.1. The van der Waals surface area contributed by atoms with Crippen LogP contribution in [0.5, 0.6) is 0 Å². The van der Waals surface area contributed by atoms with Crippen LogP contribution in [0, 0.1) is 21.6 Å². The molecule has 3 aliphatic heterocycles. The van der Waals surface area contributed by atoms with Gasteiger partial charge in [-0.2, -0.15) is 0 Å². The SMILES string of the molecule is N=C(N)NCCC[C@@H]1NC(=O)CNC(=O)[C@@H]2CCCN2C(=O)[C@H](CCCNC(=N)N)NC(=O)[C@H](CCCCNC(=O)CCc2cn(CCNc3c4c(nc5ccccc35)CCCC4)nn2)NC(=O)[C@H](CCCNC(=N)N)NC(=O)CNC(=O)[C@@H]2CCCN2C(=O)[C@H](CCCNC(=N)N)NC(=O)[C@H](CCCCNC(=O)CCc2cn(CCNc3c4c(nc5ccccc35)CCCC4)nn2)NC1=O. The van der Waals surface area contributed by atoms with E-state index >= 15 is 19.2 Å². The van der Waals surface area contributed by atoms with Crippen LogP contribution in [0.3, 0.4) is 0 Å². The maximum Gasteiger partial charge on any atom is 0.245 e. The van der Waals surface area contributed by atoms with E-state index < -0.39 is 120 Å². The highest BCUT2D eigenvalue weighted by Crippen LogP contribution is 2.35. The fourth-order valence-electron chi connectivity index (χ4n) is 17.8. The predicted molar refractivity (Wildman–Crippen MR) is 508 cm³/mol. The molecule has 28 N–H and O–H groups in total. The number of fused-ring (bicyclic) bond motifs is 6. The number of nitrogens with zero attached hydrogens (tertiary/aromatic N) is 10. The molecule has 46 heteroatoms. The summed E-state index contributed by atoms with van der Waals surface area (Å²) in [6.45, 7) is 1.23. The van der Waals surface area contributed by atoms with E-state index in [1.165, 1.54) is 20.9 Å². The number of aryl methyl sites for hydroxylation is 4. The summed E-state index contributed by atoms with van der Waals surface area (Å²) in [6.07, 6.45) is 14.1. The van der Waals surface area contributed by atoms with E-state index in [0.717, 1.165) is 95.9 Å². The van der Waals surface area contributed by atoms with Gasteiger partial charge in [0.25, 0.3) is 0 Å². The second-order valence-electron chi connectivity index (χ2n) is 35.0. The minimum absolute atomic E-state index is 0.0159. The lowest BCUT2D eigenvalue weighted by atomic mass is 9.92. The molecule has 5 aliphatic rings. The number of para-hydroxylation sites is 2. The second-order valence-corrected chi connectivity index (χ2v) is 35.0. The Kier molecular flexibility index (Phi) is 39.5. The van der Waals surface area contributed by atoms with Crippen LogP contribution in [0.2, 0.25) is 0 Å². The molecule has 12 amide bonds. The van der Waals surface area contributed by atoms with Crippen LogP contribution < -0.4 is 108 Å². The first kappa shape index (κ1) is 102. The molecular formula is C90H134N34O12. The molecule has 8 atom stereocenters. The van der Waals surface area contributed by atoms with Crippen molar-refractivity contribution in [3.05, 3.63) is 94.8 Å². The lowest BCUT2D eigenvalue weighted by molar-refractivity contribution is -0.142. The van der Waals surface area contributed by atoms with Gasteiger partial charge in [0.2, 0.25) is 70.9 Å². The molecule has 2 aromatic carbocycles. The predicted octanol–water partition coefficient (Wildman–Crippen LogP) is -1.72. The summed E-state index contributed by atoms with van der Waals surface area (Å²) < 4.78 is 3.45. The van der Waals surface area contributed by atoms with Crippen LogP contribution in [-0.2, 0) is 109 Å².